The molecule has 0 saturated carbocycles. The lowest BCUT2D eigenvalue weighted by Gasteiger charge is -2.15. The van der Waals surface area contributed by atoms with Crippen LogP contribution in [0.5, 0.6) is 0 Å². The summed E-state index contributed by atoms with van der Waals surface area (Å²) in [4.78, 5) is 34.6. The van der Waals surface area contributed by atoms with E-state index in [1.54, 1.807) is 24.3 Å². The van der Waals surface area contributed by atoms with Crippen LogP contribution in [-0.2, 0) is 9.59 Å². The maximum Gasteiger partial charge on any atom is 0.254 e. The van der Waals surface area contributed by atoms with Gasteiger partial charge in [-0.3, -0.25) is 14.4 Å². The van der Waals surface area contributed by atoms with E-state index in [0.717, 1.165) is 0 Å². The molecule has 96 valence electrons. The Hall–Kier alpha value is -2.37. The third kappa shape index (κ3) is 3.89. The first-order valence-electron chi connectivity index (χ1n) is 5.31. The quantitative estimate of drug-likeness (QED) is 0.798. The second kappa shape index (κ2) is 5.81. The third-order valence-electron chi connectivity index (χ3n) is 2.19. The average Bonchev–Trinajstić information content (AvgIpc) is 2.27. The molecule has 1 aromatic rings. The van der Waals surface area contributed by atoms with Crippen LogP contribution in [0, 0.1) is 0 Å². The van der Waals surface area contributed by atoms with Crippen LogP contribution in [0.25, 0.3) is 0 Å². The largest absolute Gasteiger partial charge is 0.368 e. The zero-order valence-electron chi connectivity index (χ0n) is 10.3. The van der Waals surface area contributed by atoms with E-state index in [1.807, 2.05) is 0 Å². The fourth-order valence-corrected chi connectivity index (χ4v) is 1.43. The lowest BCUT2D eigenvalue weighted by molar-refractivity contribution is -0.118. The molecular weight excluding hydrogens is 234 g/mol. The van der Waals surface area contributed by atoms with Crippen molar-refractivity contribution >= 4 is 23.4 Å². The lowest BCUT2D eigenvalue weighted by atomic mass is 10.2. The fraction of sp³-hybridized carbons (Fsp3) is 0.250. The second-order valence-electron chi connectivity index (χ2n) is 3.89. The average molecular weight is 249 g/mol. The van der Waals surface area contributed by atoms with Crippen molar-refractivity contribution in [3.8, 4) is 0 Å². The van der Waals surface area contributed by atoms with Gasteiger partial charge in [0.15, 0.2) is 0 Å². The Kier molecular flexibility index (Phi) is 4.42. The number of nitrogens with two attached hydrogens (primary N) is 1. The summed E-state index contributed by atoms with van der Waals surface area (Å²) < 4.78 is 0. The maximum atomic E-state index is 11.8. The Labute approximate surface area is 105 Å². The first kappa shape index (κ1) is 13.7. The standard InChI is InChI=1S/C12H15N3O3/c1-8(16)14-10-5-3-9(4-6-10)12(18)15(2)7-11(13)17/h3-6H,7H2,1-2H3,(H2,13,17)(H,14,16). The molecule has 3 amide bonds. The van der Waals surface area contributed by atoms with E-state index < -0.39 is 5.91 Å². The van der Waals surface area contributed by atoms with Crippen molar-refractivity contribution in [2.75, 3.05) is 18.9 Å². The van der Waals surface area contributed by atoms with Crippen molar-refractivity contribution in [3.05, 3.63) is 29.8 Å². The summed E-state index contributed by atoms with van der Waals surface area (Å²) >= 11 is 0. The summed E-state index contributed by atoms with van der Waals surface area (Å²) in [6.07, 6.45) is 0. The molecule has 1 rings (SSSR count). The monoisotopic (exact) mass is 249 g/mol. The van der Waals surface area contributed by atoms with E-state index in [4.69, 9.17) is 5.73 Å². The molecule has 1 aromatic carbocycles. The van der Waals surface area contributed by atoms with Crippen LogP contribution in [0.4, 0.5) is 5.69 Å². The predicted molar refractivity (Wildman–Crippen MR) is 66.9 cm³/mol. The smallest absolute Gasteiger partial charge is 0.254 e. The number of nitrogens with zero attached hydrogens (tertiary/aromatic N) is 1. The van der Waals surface area contributed by atoms with Crippen molar-refractivity contribution in [2.24, 2.45) is 5.73 Å². The van der Waals surface area contributed by atoms with Gasteiger partial charge >= 0.3 is 0 Å². The number of rotatable bonds is 4. The van der Waals surface area contributed by atoms with Gasteiger partial charge in [-0.1, -0.05) is 0 Å². The van der Waals surface area contributed by atoms with Gasteiger partial charge in [-0.2, -0.15) is 0 Å². The molecule has 0 bridgehead atoms. The van der Waals surface area contributed by atoms with Crippen LogP contribution in [0.3, 0.4) is 0 Å². The highest BCUT2D eigenvalue weighted by atomic mass is 16.2. The Balaban J connectivity index is 2.75. The molecule has 0 aliphatic carbocycles. The van der Waals surface area contributed by atoms with Gasteiger partial charge in [0.2, 0.25) is 11.8 Å². The molecule has 0 aliphatic heterocycles. The van der Waals surface area contributed by atoms with Crippen LogP contribution in [0.1, 0.15) is 17.3 Å². The van der Waals surface area contributed by atoms with Gasteiger partial charge in [0, 0.05) is 25.2 Å². The van der Waals surface area contributed by atoms with Gasteiger partial charge in [0.05, 0.1) is 6.54 Å². The molecule has 0 aliphatic rings. The lowest BCUT2D eigenvalue weighted by Crippen LogP contribution is -2.35. The van der Waals surface area contributed by atoms with Gasteiger partial charge in [0.1, 0.15) is 0 Å². The Bertz CT molecular complexity index is 468. The molecule has 0 atom stereocenters. The van der Waals surface area contributed by atoms with Crippen LogP contribution < -0.4 is 11.1 Å². The highest BCUT2D eigenvalue weighted by Gasteiger charge is 2.13. The van der Waals surface area contributed by atoms with Crippen molar-refractivity contribution in [1.29, 1.82) is 0 Å². The van der Waals surface area contributed by atoms with Crippen molar-refractivity contribution in [2.45, 2.75) is 6.92 Å². The minimum absolute atomic E-state index is 0.133. The van der Waals surface area contributed by atoms with Gasteiger partial charge in [-0.05, 0) is 24.3 Å². The van der Waals surface area contributed by atoms with E-state index in [2.05, 4.69) is 5.32 Å². The van der Waals surface area contributed by atoms with Gasteiger partial charge in [-0.25, -0.2) is 0 Å². The number of benzene rings is 1. The molecule has 0 heterocycles. The summed E-state index contributed by atoms with van der Waals surface area (Å²) in [6, 6.07) is 6.38. The van der Waals surface area contributed by atoms with Crippen molar-refractivity contribution < 1.29 is 14.4 Å². The molecule has 0 unspecified atom stereocenters. The predicted octanol–water partition coefficient (Wildman–Crippen LogP) is 0.202. The molecule has 3 N–H and O–H groups in total. The summed E-state index contributed by atoms with van der Waals surface area (Å²) in [5.74, 6) is -1.05. The van der Waals surface area contributed by atoms with Crippen molar-refractivity contribution in [1.82, 2.24) is 4.90 Å². The number of hydrogen-bond donors (Lipinski definition) is 2. The van der Waals surface area contributed by atoms with Crippen LogP contribution in [0.15, 0.2) is 24.3 Å². The number of carbonyl (C=O) groups is 3. The van der Waals surface area contributed by atoms with Crippen molar-refractivity contribution in [3.63, 3.8) is 0 Å². The second-order valence-corrected chi connectivity index (χ2v) is 3.89. The number of anilines is 1. The number of likely N-dealkylation sites (N-methyl/N-ethyl adjacent to an activating group) is 1. The van der Waals surface area contributed by atoms with E-state index in [-0.39, 0.29) is 18.4 Å². The molecule has 6 heteroatoms. The highest BCUT2D eigenvalue weighted by Crippen LogP contribution is 2.10. The number of primary amides is 1. The minimum Gasteiger partial charge on any atom is -0.368 e. The Morgan fingerprint density at radius 2 is 1.78 bits per heavy atom. The normalized spacial score (nSPS) is 9.67. The van der Waals surface area contributed by atoms with Crippen LogP contribution in [-0.4, -0.2) is 36.2 Å². The number of amides is 3. The summed E-state index contributed by atoms with van der Waals surface area (Å²) in [5, 5.41) is 2.59. The Morgan fingerprint density at radius 3 is 2.22 bits per heavy atom. The summed E-state index contributed by atoms with van der Waals surface area (Å²) in [6.45, 7) is 1.27. The first-order chi connectivity index (χ1) is 8.40. The van der Waals surface area contributed by atoms with Gasteiger partial charge < -0.3 is 16.0 Å². The Morgan fingerprint density at radius 1 is 1.22 bits per heavy atom. The van der Waals surface area contributed by atoms with Crippen LogP contribution >= 0.6 is 0 Å². The zero-order valence-corrected chi connectivity index (χ0v) is 10.3. The third-order valence-corrected chi connectivity index (χ3v) is 2.19. The molecule has 6 nitrogen and oxygen atoms in total. The number of nitrogens with one attached hydrogen (secondary N) is 1. The molecule has 0 aromatic heterocycles. The van der Waals surface area contributed by atoms with E-state index in [9.17, 15) is 14.4 Å². The molecule has 0 saturated heterocycles. The van der Waals surface area contributed by atoms with Gasteiger partial charge in [0.25, 0.3) is 5.91 Å². The topological polar surface area (TPSA) is 92.5 Å². The highest BCUT2D eigenvalue weighted by molar-refractivity contribution is 5.97. The van der Waals surface area contributed by atoms with E-state index in [0.29, 0.717) is 11.3 Å². The van der Waals surface area contributed by atoms with Crippen LogP contribution in [0.2, 0.25) is 0 Å². The number of carbonyl (C=O) groups excluding carboxylic acids is 3. The van der Waals surface area contributed by atoms with E-state index in [1.165, 1.54) is 18.9 Å². The summed E-state index contributed by atoms with van der Waals surface area (Å²) in [7, 11) is 1.49. The zero-order chi connectivity index (χ0) is 13.7. The minimum atomic E-state index is -0.569. The van der Waals surface area contributed by atoms with E-state index >= 15 is 0 Å². The summed E-state index contributed by atoms with van der Waals surface area (Å²) in [5.41, 5.74) is 6.04. The first-order valence-corrected chi connectivity index (χ1v) is 5.31. The maximum absolute atomic E-state index is 11.8. The molecular formula is C12H15N3O3. The van der Waals surface area contributed by atoms with Gasteiger partial charge in [-0.15, -0.1) is 0 Å². The molecule has 0 spiro atoms. The molecule has 18 heavy (non-hydrogen) atoms. The number of hydrogen-bond acceptors (Lipinski definition) is 3. The molecule has 0 radical (unpaired) electrons. The molecule has 0 fully saturated rings. The SMILES string of the molecule is CC(=O)Nc1ccc(C(=O)N(C)CC(N)=O)cc1. The fourth-order valence-electron chi connectivity index (χ4n) is 1.43.